The number of amides is 1. The Bertz CT molecular complexity index is 842. The number of rotatable bonds is 4. The van der Waals surface area contributed by atoms with Crippen LogP contribution in [0.4, 0.5) is 5.82 Å². The standard InChI is InChI=1S/C19H25N5O2/c1-3-15(25)24-10-13(6-5-12(24)2)23-18-16-14(19(26)7-4-8-19)9-20-17(16)21-11-22-18/h3,9,11-13,26H,1,4-8,10H2,2H3,(H2,20,21,22,23)/t12-,13+/m0/s1. The first-order valence-corrected chi connectivity index (χ1v) is 9.26. The number of piperidine rings is 1. The van der Waals surface area contributed by atoms with Crippen molar-refractivity contribution in [3.8, 4) is 0 Å². The van der Waals surface area contributed by atoms with Gasteiger partial charge in [-0.15, -0.1) is 0 Å². The topological polar surface area (TPSA) is 94.1 Å². The van der Waals surface area contributed by atoms with Crippen LogP contribution in [-0.2, 0) is 10.4 Å². The van der Waals surface area contributed by atoms with E-state index in [2.05, 4.69) is 33.8 Å². The number of nitrogens with zero attached hydrogens (tertiary/aromatic N) is 3. The number of likely N-dealkylation sites (tertiary alicyclic amines) is 1. The molecule has 0 aromatic carbocycles. The average Bonchev–Trinajstić information content (AvgIpc) is 3.06. The van der Waals surface area contributed by atoms with E-state index < -0.39 is 5.60 Å². The Morgan fingerprint density at radius 2 is 2.27 bits per heavy atom. The zero-order valence-corrected chi connectivity index (χ0v) is 15.0. The Morgan fingerprint density at radius 1 is 1.46 bits per heavy atom. The van der Waals surface area contributed by atoms with Crippen molar-refractivity contribution < 1.29 is 9.90 Å². The fourth-order valence-corrected chi connectivity index (χ4v) is 4.06. The maximum Gasteiger partial charge on any atom is 0.246 e. The summed E-state index contributed by atoms with van der Waals surface area (Å²) in [4.78, 5) is 25.8. The number of H-pyrrole nitrogens is 1. The van der Waals surface area contributed by atoms with Crippen molar-refractivity contribution >= 4 is 22.8 Å². The summed E-state index contributed by atoms with van der Waals surface area (Å²) in [6.45, 7) is 6.28. The number of carbonyl (C=O) groups is 1. The normalized spacial score (nSPS) is 24.9. The van der Waals surface area contributed by atoms with Crippen LogP contribution in [0.1, 0.15) is 44.6 Å². The van der Waals surface area contributed by atoms with Crippen LogP contribution in [0, 0.1) is 0 Å². The summed E-state index contributed by atoms with van der Waals surface area (Å²) in [6.07, 6.45) is 9.17. The lowest BCUT2D eigenvalue weighted by Gasteiger charge is -2.38. The average molecular weight is 355 g/mol. The SMILES string of the molecule is C=CC(=O)N1C[C@H](Nc2ncnc3[nH]cc(C4(O)CCC4)c23)CC[C@@H]1C. The van der Waals surface area contributed by atoms with E-state index in [0.717, 1.165) is 54.5 Å². The van der Waals surface area contributed by atoms with Crippen molar-refractivity contribution in [2.45, 2.75) is 56.7 Å². The Labute approximate surface area is 152 Å². The molecule has 2 atom stereocenters. The summed E-state index contributed by atoms with van der Waals surface area (Å²) < 4.78 is 0. The van der Waals surface area contributed by atoms with E-state index in [1.54, 1.807) is 0 Å². The summed E-state index contributed by atoms with van der Waals surface area (Å²) in [6, 6.07) is 0.314. The highest BCUT2D eigenvalue weighted by atomic mass is 16.3. The fourth-order valence-electron chi connectivity index (χ4n) is 4.06. The molecule has 2 aliphatic rings. The second-order valence-electron chi connectivity index (χ2n) is 7.50. The van der Waals surface area contributed by atoms with Crippen LogP contribution < -0.4 is 5.32 Å². The highest BCUT2D eigenvalue weighted by Gasteiger charge is 2.39. The van der Waals surface area contributed by atoms with Crippen molar-refractivity contribution in [3.05, 3.63) is 30.7 Å². The fraction of sp³-hybridized carbons (Fsp3) is 0.526. The summed E-state index contributed by atoms with van der Waals surface area (Å²) in [5, 5.41) is 15.2. The molecule has 4 rings (SSSR count). The van der Waals surface area contributed by atoms with Gasteiger partial charge in [0.1, 0.15) is 17.8 Å². The molecule has 1 amide bonds. The maximum atomic E-state index is 12.1. The predicted octanol–water partition coefficient (Wildman–Crippen LogP) is 2.31. The molecule has 7 heteroatoms. The molecular weight excluding hydrogens is 330 g/mol. The van der Waals surface area contributed by atoms with Gasteiger partial charge in [0.15, 0.2) is 0 Å². The largest absolute Gasteiger partial charge is 0.385 e. The number of nitrogens with one attached hydrogen (secondary N) is 2. The highest BCUT2D eigenvalue weighted by molar-refractivity contribution is 5.91. The van der Waals surface area contributed by atoms with Gasteiger partial charge in [0, 0.05) is 30.4 Å². The third-order valence-electron chi connectivity index (χ3n) is 5.83. The van der Waals surface area contributed by atoms with Crippen molar-refractivity contribution in [1.29, 1.82) is 0 Å². The van der Waals surface area contributed by atoms with E-state index in [1.165, 1.54) is 12.4 Å². The predicted molar refractivity (Wildman–Crippen MR) is 99.7 cm³/mol. The van der Waals surface area contributed by atoms with E-state index in [9.17, 15) is 9.90 Å². The first kappa shape index (κ1) is 17.0. The van der Waals surface area contributed by atoms with Crippen molar-refractivity contribution in [3.63, 3.8) is 0 Å². The van der Waals surface area contributed by atoms with Crippen LogP contribution >= 0.6 is 0 Å². The molecule has 1 aliphatic heterocycles. The Balaban J connectivity index is 1.62. The van der Waals surface area contributed by atoms with Gasteiger partial charge in [-0.1, -0.05) is 6.58 Å². The summed E-state index contributed by atoms with van der Waals surface area (Å²) in [5.41, 5.74) is 0.803. The first-order chi connectivity index (χ1) is 12.5. The molecule has 26 heavy (non-hydrogen) atoms. The van der Waals surface area contributed by atoms with Crippen LogP contribution in [-0.4, -0.2) is 49.5 Å². The molecule has 0 radical (unpaired) electrons. The van der Waals surface area contributed by atoms with Gasteiger partial charge < -0.3 is 20.3 Å². The molecule has 2 fully saturated rings. The summed E-state index contributed by atoms with van der Waals surface area (Å²) in [5.74, 6) is 0.681. The molecule has 7 nitrogen and oxygen atoms in total. The molecule has 0 bridgehead atoms. The van der Waals surface area contributed by atoms with E-state index in [0.29, 0.717) is 6.54 Å². The number of fused-ring (bicyclic) bond motifs is 1. The van der Waals surface area contributed by atoms with Crippen LogP contribution in [0.15, 0.2) is 25.2 Å². The molecule has 3 heterocycles. The number of aromatic amines is 1. The summed E-state index contributed by atoms with van der Waals surface area (Å²) in [7, 11) is 0. The van der Waals surface area contributed by atoms with Gasteiger partial charge in [0.05, 0.1) is 11.0 Å². The zero-order valence-electron chi connectivity index (χ0n) is 15.0. The third kappa shape index (κ3) is 2.76. The lowest BCUT2D eigenvalue weighted by atomic mass is 9.75. The van der Waals surface area contributed by atoms with Crippen LogP contribution in [0.25, 0.3) is 11.0 Å². The Kier molecular flexibility index (Phi) is 4.19. The van der Waals surface area contributed by atoms with Crippen LogP contribution in [0.5, 0.6) is 0 Å². The minimum Gasteiger partial charge on any atom is -0.385 e. The first-order valence-electron chi connectivity index (χ1n) is 9.26. The quantitative estimate of drug-likeness (QED) is 0.732. The molecular formula is C19H25N5O2. The molecule has 2 aromatic heterocycles. The molecule has 1 saturated carbocycles. The molecule has 0 unspecified atom stereocenters. The number of aromatic nitrogens is 3. The minimum atomic E-state index is -0.786. The maximum absolute atomic E-state index is 12.1. The molecule has 1 aliphatic carbocycles. The van der Waals surface area contributed by atoms with E-state index >= 15 is 0 Å². The second-order valence-corrected chi connectivity index (χ2v) is 7.50. The van der Waals surface area contributed by atoms with Crippen LogP contribution in [0.3, 0.4) is 0 Å². The molecule has 1 saturated heterocycles. The van der Waals surface area contributed by atoms with Gasteiger partial charge in [0.2, 0.25) is 5.91 Å². The van der Waals surface area contributed by atoms with Crippen molar-refractivity contribution in [2.75, 3.05) is 11.9 Å². The molecule has 2 aromatic rings. The van der Waals surface area contributed by atoms with Gasteiger partial charge in [-0.2, -0.15) is 0 Å². The third-order valence-corrected chi connectivity index (χ3v) is 5.83. The van der Waals surface area contributed by atoms with Crippen LogP contribution in [0.2, 0.25) is 0 Å². The monoisotopic (exact) mass is 355 g/mol. The molecule has 3 N–H and O–H groups in total. The second kappa shape index (κ2) is 6.39. The molecule has 138 valence electrons. The van der Waals surface area contributed by atoms with Gasteiger partial charge >= 0.3 is 0 Å². The Morgan fingerprint density at radius 3 is 2.96 bits per heavy atom. The van der Waals surface area contributed by atoms with Gasteiger partial charge in [-0.25, -0.2) is 9.97 Å². The van der Waals surface area contributed by atoms with E-state index in [1.807, 2.05) is 11.1 Å². The van der Waals surface area contributed by atoms with Gasteiger partial charge in [-0.3, -0.25) is 4.79 Å². The number of carbonyl (C=O) groups excluding carboxylic acids is 1. The van der Waals surface area contributed by atoms with Gasteiger partial charge in [0.25, 0.3) is 0 Å². The highest BCUT2D eigenvalue weighted by Crippen LogP contribution is 2.44. The number of hydrogen-bond donors (Lipinski definition) is 3. The minimum absolute atomic E-state index is 0.0389. The number of hydrogen-bond acceptors (Lipinski definition) is 5. The number of anilines is 1. The smallest absolute Gasteiger partial charge is 0.246 e. The van der Waals surface area contributed by atoms with E-state index in [4.69, 9.17) is 0 Å². The van der Waals surface area contributed by atoms with Crippen molar-refractivity contribution in [2.24, 2.45) is 0 Å². The lowest BCUT2D eigenvalue weighted by molar-refractivity contribution is -0.129. The number of aliphatic hydroxyl groups is 1. The zero-order chi connectivity index (χ0) is 18.3. The molecule has 0 spiro atoms. The Hall–Kier alpha value is -2.41. The lowest BCUT2D eigenvalue weighted by Crippen LogP contribution is -2.49. The van der Waals surface area contributed by atoms with E-state index in [-0.39, 0.29) is 18.0 Å². The van der Waals surface area contributed by atoms with Gasteiger partial charge in [-0.05, 0) is 45.1 Å². The van der Waals surface area contributed by atoms with Crippen molar-refractivity contribution in [1.82, 2.24) is 19.9 Å². The summed E-state index contributed by atoms with van der Waals surface area (Å²) >= 11 is 0.